The number of rotatable bonds is 2. The third kappa shape index (κ3) is 2.90. The number of nitrogens with two attached hydrogens (primary N) is 1. The molecule has 110 valence electrons. The van der Waals surface area contributed by atoms with E-state index >= 15 is 0 Å². The second kappa shape index (κ2) is 5.60. The number of ether oxygens (including phenoxy) is 2. The standard InChI is InChI=1S/C16H22FNO2/c17-14-10-12(18)4-5-15(14)20-13-6-9-19-16(11-13)7-2-1-3-8-16/h4-5,10,13H,1-3,6-9,11,18H2. The first kappa shape index (κ1) is 13.7. The van der Waals surface area contributed by atoms with E-state index in [0.29, 0.717) is 18.0 Å². The summed E-state index contributed by atoms with van der Waals surface area (Å²) in [5.74, 6) is -0.0776. The fourth-order valence-electron chi connectivity index (χ4n) is 3.42. The zero-order valence-corrected chi connectivity index (χ0v) is 11.7. The lowest BCUT2D eigenvalue weighted by atomic mass is 9.79. The summed E-state index contributed by atoms with van der Waals surface area (Å²) < 4.78 is 25.7. The highest BCUT2D eigenvalue weighted by Gasteiger charge is 2.39. The normalized spacial score (nSPS) is 25.6. The van der Waals surface area contributed by atoms with E-state index in [0.717, 1.165) is 25.7 Å². The van der Waals surface area contributed by atoms with E-state index in [1.54, 1.807) is 12.1 Å². The van der Waals surface area contributed by atoms with Crippen molar-refractivity contribution in [3.05, 3.63) is 24.0 Å². The zero-order chi connectivity index (χ0) is 14.0. The van der Waals surface area contributed by atoms with Crippen LogP contribution in [0.4, 0.5) is 10.1 Å². The Balaban J connectivity index is 1.68. The number of halogens is 1. The Morgan fingerprint density at radius 2 is 2.05 bits per heavy atom. The third-order valence-corrected chi connectivity index (χ3v) is 4.46. The summed E-state index contributed by atoms with van der Waals surface area (Å²) in [6.45, 7) is 0.710. The van der Waals surface area contributed by atoms with Gasteiger partial charge in [0.15, 0.2) is 11.6 Å². The molecule has 1 saturated heterocycles. The average molecular weight is 279 g/mol. The van der Waals surface area contributed by atoms with Crippen LogP contribution in [0.25, 0.3) is 0 Å². The molecule has 0 bridgehead atoms. The van der Waals surface area contributed by atoms with Crippen LogP contribution in [0.15, 0.2) is 18.2 Å². The van der Waals surface area contributed by atoms with Crippen molar-refractivity contribution in [3.63, 3.8) is 0 Å². The number of benzene rings is 1. The first-order valence-corrected chi connectivity index (χ1v) is 7.53. The predicted molar refractivity (Wildman–Crippen MR) is 76.2 cm³/mol. The van der Waals surface area contributed by atoms with E-state index in [-0.39, 0.29) is 17.5 Å². The Morgan fingerprint density at radius 3 is 2.80 bits per heavy atom. The number of hydrogen-bond donors (Lipinski definition) is 1. The van der Waals surface area contributed by atoms with Crippen LogP contribution in [0.3, 0.4) is 0 Å². The van der Waals surface area contributed by atoms with Crippen molar-refractivity contribution >= 4 is 5.69 Å². The summed E-state index contributed by atoms with van der Waals surface area (Å²) in [6, 6.07) is 4.60. The van der Waals surface area contributed by atoms with E-state index in [4.69, 9.17) is 15.2 Å². The van der Waals surface area contributed by atoms with Crippen LogP contribution in [-0.2, 0) is 4.74 Å². The Kier molecular flexibility index (Phi) is 3.83. The van der Waals surface area contributed by atoms with Gasteiger partial charge in [0.2, 0.25) is 0 Å². The number of anilines is 1. The van der Waals surface area contributed by atoms with Crippen LogP contribution in [0.2, 0.25) is 0 Å². The maximum absolute atomic E-state index is 13.8. The first-order valence-electron chi connectivity index (χ1n) is 7.53. The predicted octanol–water partition coefficient (Wildman–Crippen LogP) is 3.67. The summed E-state index contributed by atoms with van der Waals surface area (Å²) in [6.07, 6.45) is 7.70. The van der Waals surface area contributed by atoms with Gasteiger partial charge in [-0.25, -0.2) is 4.39 Å². The van der Waals surface area contributed by atoms with E-state index in [1.165, 1.54) is 25.3 Å². The Labute approximate surface area is 119 Å². The molecule has 1 aromatic rings. The molecule has 0 amide bonds. The molecular formula is C16H22FNO2. The molecule has 1 aromatic carbocycles. The van der Waals surface area contributed by atoms with Crippen molar-refractivity contribution < 1.29 is 13.9 Å². The smallest absolute Gasteiger partial charge is 0.167 e. The van der Waals surface area contributed by atoms with Gasteiger partial charge in [-0.05, 0) is 25.0 Å². The minimum Gasteiger partial charge on any atom is -0.487 e. The topological polar surface area (TPSA) is 44.5 Å². The van der Waals surface area contributed by atoms with Gasteiger partial charge in [0.1, 0.15) is 6.10 Å². The number of hydrogen-bond acceptors (Lipinski definition) is 3. The molecule has 1 aliphatic heterocycles. The summed E-state index contributed by atoms with van der Waals surface area (Å²) in [7, 11) is 0. The fraction of sp³-hybridized carbons (Fsp3) is 0.625. The molecule has 1 atom stereocenters. The molecule has 0 radical (unpaired) electrons. The van der Waals surface area contributed by atoms with Gasteiger partial charge in [-0.3, -0.25) is 0 Å². The summed E-state index contributed by atoms with van der Waals surface area (Å²) in [5.41, 5.74) is 5.96. The highest BCUT2D eigenvalue weighted by molar-refractivity contribution is 5.42. The summed E-state index contributed by atoms with van der Waals surface area (Å²) in [5, 5.41) is 0. The van der Waals surface area contributed by atoms with Crippen LogP contribution in [-0.4, -0.2) is 18.3 Å². The molecule has 1 saturated carbocycles. The van der Waals surface area contributed by atoms with Crippen LogP contribution in [0.1, 0.15) is 44.9 Å². The highest BCUT2D eigenvalue weighted by atomic mass is 19.1. The summed E-state index contributed by atoms with van der Waals surface area (Å²) in [4.78, 5) is 0. The van der Waals surface area contributed by atoms with E-state index in [9.17, 15) is 4.39 Å². The van der Waals surface area contributed by atoms with Gasteiger partial charge < -0.3 is 15.2 Å². The second-order valence-electron chi connectivity index (χ2n) is 6.01. The van der Waals surface area contributed by atoms with Crippen molar-refractivity contribution in [1.29, 1.82) is 0 Å². The maximum atomic E-state index is 13.8. The molecule has 4 heteroatoms. The van der Waals surface area contributed by atoms with Gasteiger partial charge >= 0.3 is 0 Å². The molecule has 1 spiro atoms. The Hall–Kier alpha value is -1.29. The van der Waals surface area contributed by atoms with Crippen molar-refractivity contribution in [2.24, 2.45) is 0 Å². The fourth-order valence-corrected chi connectivity index (χ4v) is 3.42. The molecule has 20 heavy (non-hydrogen) atoms. The molecule has 2 N–H and O–H groups in total. The van der Waals surface area contributed by atoms with E-state index in [2.05, 4.69) is 0 Å². The average Bonchev–Trinajstić information content (AvgIpc) is 2.43. The third-order valence-electron chi connectivity index (χ3n) is 4.46. The van der Waals surface area contributed by atoms with Crippen LogP contribution in [0, 0.1) is 5.82 Å². The Bertz CT molecular complexity index is 466. The van der Waals surface area contributed by atoms with Gasteiger partial charge in [-0.2, -0.15) is 0 Å². The van der Waals surface area contributed by atoms with Crippen molar-refractivity contribution in [3.8, 4) is 5.75 Å². The van der Waals surface area contributed by atoms with Crippen molar-refractivity contribution in [2.45, 2.75) is 56.7 Å². The molecular weight excluding hydrogens is 257 g/mol. The van der Waals surface area contributed by atoms with Crippen LogP contribution < -0.4 is 10.5 Å². The quantitative estimate of drug-likeness (QED) is 0.840. The molecule has 3 rings (SSSR count). The monoisotopic (exact) mass is 279 g/mol. The minimum atomic E-state index is -0.380. The molecule has 2 fully saturated rings. The van der Waals surface area contributed by atoms with Crippen molar-refractivity contribution in [2.75, 3.05) is 12.3 Å². The van der Waals surface area contributed by atoms with Gasteiger partial charge in [-0.15, -0.1) is 0 Å². The van der Waals surface area contributed by atoms with Gasteiger partial charge in [0, 0.05) is 24.6 Å². The molecule has 2 aliphatic rings. The maximum Gasteiger partial charge on any atom is 0.167 e. The molecule has 0 aromatic heterocycles. The lowest BCUT2D eigenvalue weighted by molar-refractivity contribution is -0.130. The van der Waals surface area contributed by atoms with Gasteiger partial charge in [-0.1, -0.05) is 19.3 Å². The van der Waals surface area contributed by atoms with Gasteiger partial charge in [0.25, 0.3) is 0 Å². The molecule has 1 unspecified atom stereocenters. The highest BCUT2D eigenvalue weighted by Crippen LogP contribution is 2.39. The number of nitrogen functional groups attached to an aromatic ring is 1. The van der Waals surface area contributed by atoms with Crippen molar-refractivity contribution in [1.82, 2.24) is 0 Å². The van der Waals surface area contributed by atoms with Gasteiger partial charge in [0.05, 0.1) is 12.2 Å². The molecule has 1 heterocycles. The minimum absolute atomic E-state index is 0.0224. The lowest BCUT2D eigenvalue weighted by Crippen LogP contribution is -2.45. The lowest BCUT2D eigenvalue weighted by Gasteiger charge is -2.43. The first-order chi connectivity index (χ1) is 9.67. The SMILES string of the molecule is Nc1ccc(OC2CCOC3(CCCCC3)C2)c(F)c1. The van der Waals surface area contributed by atoms with E-state index in [1.807, 2.05) is 0 Å². The van der Waals surface area contributed by atoms with Crippen LogP contribution >= 0.6 is 0 Å². The largest absolute Gasteiger partial charge is 0.487 e. The van der Waals surface area contributed by atoms with Crippen LogP contribution in [0.5, 0.6) is 5.75 Å². The Morgan fingerprint density at radius 1 is 1.25 bits per heavy atom. The zero-order valence-electron chi connectivity index (χ0n) is 11.7. The van der Waals surface area contributed by atoms with E-state index < -0.39 is 0 Å². The second-order valence-corrected chi connectivity index (χ2v) is 6.01. The molecule has 1 aliphatic carbocycles. The summed E-state index contributed by atoms with van der Waals surface area (Å²) >= 11 is 0. The molecule has 3 nitrogen and oxygen atoms in total.